The quantitative estimate of drug-likeness (QED) is 0.799. The van der Waals surface area contributed by atoms with Crippen LogP contribution in [0.3, 0.4) is 0 Å². The lowest BCUT2D eigenvalue weighted by Gasteiger charge is -2.48. The van der Waals surface area contributed by atoms with E-state index in [-0.39, 0.29) is 5.54 Å². The van der Waals surface area contributed by atoms with E-state index in [0.29, 0.717) is 6.04 Å². The van der Waals surface area contributed by atoms with Crippen molar-refractivity contribution in [3.8, 4) is 0 Å². The van der Waals surface area contributed by atoms with Gasteiger partial charge in [-0.3, -0.25) is 4.90 Å². The van der Waals surface area contributed by atoms with Crippen LogP contribution in [0.25, 0.3) is 0 Å². The predicted octanol–water partition coefficient (Wildman–Crippen LogP) is 3.26. The van der Waals surface area contributed by atoms with Crippen LogP contribution in [0.5, 0.6) is 0 Å². The Morgan fingerprint density at radius 2 is 1.94 bits per heavy atom. The van der Waals surface area contributed by atoms with Crippen molar-refractivity contribution in [3.63, 3.8) is 0 Å². The van der Waals surface area contributed by atoms with E-state index in [1.54, 1.807) is 0 Å². The highest BCUT2D eigenvalue weighted by Crippen LogP contribution is 2.39. The highest BCUT2D eigenvalue weighted by Gasteiger charge is 2.39. The molecule has 0 aromatic rings. The molecule has 2 heteroatoms. The molecule has 0 amide bonds. The fourth-order valence-electron chi connectivity index (χ4n) is 3.53. The molecule has 1 aliphatic carbocycles. The van der Waals surface area contributed by atoms with Gasteiger partial charge in [-0.2, -0.15) is 0 Å². The van der Waals surface area contributed by atoms with Crippen molar-refractivity contribution < 1.29 is 0 Å². The van der Waals surface area contributed by atoms with E-state index >= 15 is 0 Å². The van der Waals surface area contributed by atoms with Crippen LogP contribution in [0.4, 0.5) is 0 Å². The van der Waals surface area contributed by atoms with Crippen LogP contribution >= 0.6 is 0 Å². The third-order valence-corrected chi connectivity index (χ3v) is 4.63. The van der Waals surface area contributed by atoms with Crippen LogP contribution < -0.4 is 5.73 Å². The summed E-state index contributed by atoms with van der Waals surface area (Å²) in [4.78, 5) is 2.53. The zero-order chi connectivity index (χ0) is 13.1. The first kappa shape index (κ1) is 15.0. The summed E-state index contributed by atoms with van der Waals surface area (Å²) in [5.41, 5.74) is 6.40. The summed E-state index contributed by atoms with van der Waals surface area (Å²) >= 11 is 0. The average molecular weight is 240 g/mol. The molecule has 0 aromatic heterocycles. The van der Waals surface area contributed by atoms with E-state index in [9.17, 15) is 0 Å². The maximum absolute atomic E-state index is 6.13. The van der Waals surface area contributed by atoms with Gasteiger partial charge in [-0.05, 0) is 52.0 Å². The molecule has 2 unspecified atom stereocenters. The first-order chi connectivity index (χ1) is 7.91. The molecule has 2 N–H and O–H groups in total. The first-order valence-corrected chi connectivity index (χ1v) is 7.34. The van der Waals surface area contributed by atoms with Gasteiger partial charge in [0.05, 0.1) is 0 Å². The Balaban J connectivity index is 2.71. The minimum absolute atomic E-state index is 0.270. The molecule has 2 nitrogen and oxygen atoms in total. The highest BCUT2D eigenvalue weighted by atomic mass is 15.2. The van der Waals surface area contributed by atoms with Crippen molar-refractivity contribution in [2.75, 3.05) is 13.6 Å². The summed E-state index contributed by atoms with van der Waals surface area (Å²) in [7, 11) is 2.26. The summed E-state index contributed by atoms with van der Waals surface area (Å²) in [6, 6.07) is 0.594. The van der Waals surface area contributed by atoms with Gasteiger partial charge in [0.1, 0.15) is 0 Å². The van der Waals surface area contributed by atoms with Gasteiger partial charge >= 0.3 is 0 Å². The van der Waals surface area contributed by atoms with Gasteiger partial charge in [-0.1, -0.05) is 26.7 Å². The monoisotopic (exact) mass is 240 g/mol. The molecule has 1 fully saturated rings. The SMILES string of the molecule is CC(C)CC1CCCC(CN)(N(C)C(C)C)C1. The maximum Gasteiger partial charge on any atom is 0.0334 e. The van der Waals surface area contributed by atoms with E-state index in [4.69, 9.17) is 5.73 Å². The number of nitrogens with two attached hydrogens (primary N) is 1. The van der Waals surface area contributed by atoms with Gasteiger partial charge in [0.15, 0.2) is 0 Å². The Labute approximate surface area is 108 Å². The molecule has 0 aromatic carbocycles. The number of rotatable bonds is 5. The average Bonchev–Trinajstić information content (AvgIpc) is 2.27. The van der Waals surface area contributed by atoms with Crippen molar-refractivity contribution in [2.24, 2.45) is 17.6 Å². The smallest absolute Gasteiger partial charge is 0.0334 e. The molecule has 1 saturated carbocycles. The molecular formula is C15H32N2. The zero-order valence-corrected chi connectivity index (χ0v) is 12.5. The van der Waals surface area contributed by atoms with Crippen LogP contribution in [0.1, 0.15) is 59.8 Å². The van der Waals surface area contributed by atoms with Crippen molar-refractivity contribution >= 4 is 0 Å². The van der Waals surface area contributed by atoms with Crippen LogP contribution in [0.2, 0.25) is 0 Å². The van der Waals surface area contributed by atoms with Gasteiger partial charge < -0.3 is 5.73 Å². The lowest BCUT2D eigenvalue weighted by Crippen LogP contribution is -2.57. The molecule has 1 rings (SSSR count). The molecule has 0 bridgehead atoms. The summed E-state index contributed by atoms with van der Waals surface area (Å²) in [5, 5.41) is 0. The van der Waals surface area contributed by atoms with Crippen molar-refractivity contribution in [3.05, 3.63) is 0 Å². The third-order valence-electron chi connectivity index (χ3n) is 4.63. The number of likely N-dealkylation sites (N-methyl/N-ethyl adjacent to an activating group) is 1. The zero-order valence-electron chi connectivity index (χ0n) is 12.5. The van der Waals surface area contributed by atoms with E-state index < -0.39 is 0 Å². The minimum Gasteiger partial charge on any atom is -0.329 e. The van der Waals surface area contributed by atoms with Crippen molar-refractivity contribution in [2.45, 2.75) is 71.4 Å². The number of hydrogen-bond donors (Lipinski definition) is 1. The van der Waals surface area contributed by atoms with Crippen LogP contribution in [0, 0.1) is 11.8 Å². The summed E-state index contributed by atoms with van der Waals surface area (Å²) in [6.07, 6.45) is 6.72. The summed E-state index contributed by atoms with van der Waals surface area (Å²) < 4.78 is 0. The molecule has 0 aliphatic heterocycles. The Hall–Kier alpha value is -0.0800. The van der Waals surface area contributed by atoms with Crippen molar-refractivity contribution in [1.82, 2.24) is 4.90 Å². The number of hydrogen-bond acceptors (Lipinski definition) is 2. The second kappa shape index (κ2) is 6.19. The van der Waals surface area contributed by atoms with Gasteiger partial charge in [-0.15, -0.1) is 0 Å². The normalized spacial score (nSPS) is 30.5. The van der Waals surface area contributed by atoms with Gasteiger partial charge in [0.25, 0.3) is 0 Å². The lowest BCUT2D eigenvalue weighted by atomic mass is 9.72. The van der Waals surface area contributed by atoms with E-state index in [2.05, 4.69) is 39.6 Å². The Kier molecular flexibility index (Phi) is 5.46. The molecule has 0 saturated heterocycles. The number of nitrogens with zero attached hydrogens (tertiary/aromatic N) is 1. The molecule has 1 aliphatic rings. The highest BCUT2D eigenvalue weighted by molar-refractivity contribution is 4.96. The second-order valence-electron chi connectivity index (χ2n) is 6.73. The fraction of sp³-hybridized carbons (Fsp3) is 1.00. The Bertz CT molecular complexity index is 225. The summed E-state index contributed by atoms with van der Waals surface area (Å²) in [6.45, 7) is 10.1. The van der Waals surface area contributed by atoms with Gasteiger partial charge in [-0.25, -0.2) is 0 Å². The first-order valence-electron chi connectivity index (χ1n) is 7.34. The predicted molar refractivity (Wildman–Crippen MR) is 76.1 cm³/mol. The Morgan fingerprint density at radius 3 is 2.41 bits per heavy atom. The molecule has 0 radical (unpaired) electrons. The Morgan fingerprint density at radius 1 is 1.29 bits per heavy atom. The van der Waals surface area contributed by atoms with E-state index in [1.165, 1.54) is 32.1 Å². The lowest BCUT2D eigenvalue weighted by molar-refractivity contribution is 0.0303. The fourth-order valence-corrected chi connectivity index (χ4v) is 3.53. The molecule has 17 heavy (non-hydrogen) atoms. The summed E-state index contributed by atoms with van der Waals surface area (Å²) in [5.74, 6) is 1.70. The van der Waals surface area contributed by atoms with E-state index in [0.717, 1.165) is 18.4 Å². The van der Waals surface area contributed by atoms with Gasteiger partial charge in [0, 0.05) is 18.1 Å². The molecule has 0 heterocycles. The maximum atomic E-state index is 6.13. The molecule has 2 atom stereocenters. The largest absolute Gasteiger partial charge is 0.329 e. The molecule has 0 spiro atoms. The third kappa shape index (κ3) is 3.69. The van der Waals surface area contributed by atoms with Crippen LogP contribution in [-0.4, -0.2) is 30.1 Å². The molecular weight excluding hydrogens is 208 g/mol. The molecule has 102 valence electrons. The van der Waals surface area contributed by atoms with Crippen LogP contribution in [0.15, 0.2) is 0 Å². The van der Waals surface area contributed by atoms with E-state index in [1.807, 2.05) is 0 Å². The topological polar surface area (TPSA) is 29.3 Å². The van der Waals surface area contributed by atoms with Crippen LogP contribution in [-0.2, 0) is 0 Å². The minimum atomic E-state index is 0.270. The van der Waals surface area contributed by atoms with Gasteiger partial charge in [0.2, 0.25) is 0 Å². The second-order valence-corrected chi connectivity index (χ2v) is 6.73. The standard InChI is InChI=1S/C15H32N2/c1-12(2)9-14-7-6-8-15(10-14,11-16)17(5)13(3)4/h12-14H,6-11,16H2,1-5H3. The van der Waals surface area contributed by atoms with Crippen molar-refractivity contribution in [1.29, 1.82) is 0 Å².